The molecule has 1 fully saturated rings. The van der Waals surface area contributed by atoms with E-state index in [4.69, 9.17) is 9.47 Å². The molecule has 0 aromatic heterocycles. The van der Waals surface area contributed by atoms with Gasteiger partial charge >= 0.3 is 0 Å². The molecule has 156 valence electrons. The zero-order chi connectivity index (χ0) is 19.9. The van der Waals surface area contributed by atoms with Gasteiger partial charge in [0.15, 0.2) is 0 Å². The highest BCUT2D eigenvalue weighted by Crippen LogP contribution is 2.37. The highest BCUT2D eigenvalue weighted by atomic mass is 35.5. The first-order chi connectivity index (χ1) is 13.6. The van der Waals surface area contributed by atoms with Crippen LogP contribution >= 0.6 is 12.4 Å². The summed E-state index contributed by atoms with van der Waals surface area (Å²) in [5.74, 6) is 0.477. The second-order valence-electron chi connectivity index (χ2n) is 6.61. The first-order valence-electron chi connectivity index (χ1n) is 9.26. The van der Waals surface area contributed by atoms with E-state index in [0.717, 1.165) is 19.4 Å². The molecule has 1 atom stereocenters. The van der Waals surface area contributed by atoms with Crippen molar-refractivity contribution in [2.45, 2.75) is 12.8 Å². The number of benzene rings is 2. The van der Waals surface area contributed by atoms with Gasteiger partial charge in [0.1, 0.15) is 11.5 Å². The molecular weight excluding hydrogens is 394 g/mol. The molecule has 3 N–H and O–H groups in total. The summed E-state index contributed by atoms with van der Waals surface area (Å²) in [6.07, 6.45) is 1.83. The van der Waals surface area contributed by atoms with Crippen LogP contribution in [0.25, 0.3) is 0 Å². The molecule has 29 heavy (non-hydrogen) atoms. The van der Waals surface area contributed by atoms with Crippen LogP contribution in [-0.2, 0) is 4.79 Å². The molecule has 7 nitrogen and oxygen atoms in total. The summed E-state index contributed by atoms with van der Waals surface area (Å²) >= 11 is 0. The number of amides is 2. The van der Waals surface area contributed by atoms with Crippen LogP contribution in [0.5, 0.6) is 11.5 Å². The van der Waals surface area contributed by atoms with Crippen molar-refractivity contribution in [3.05, 3.63) is 48.0 Å². The maximum atomic E-state index is 12.6. The Morgan fingerprint density at radius 1 is 1.00 bits per heavy atom. The van der Waals surface area contributed by atoms with Crippen LogP contribution in [-0.4, -0.2) is 39.1 Å². The minimum absolute atomic E-state index is 0. The minimum atomic E-state index is -0.258. The average Bonchev–Trinajstić information content (AvgIpc) is 2.75. The Balaban J connectivity index is 0.00000300. The van der Waals surface area contributed by atoms with Gasteiger partial charge in [0, 0.05) is 24.2 Å². The lowest BCUT2D eigenvalue weighted by Gasteiger charge is -2.23. The number of ether oxygens (including phenoxy) is 2. The predicted octanol–water partition coefficient (Wildman–Crippen LogP) is 3.32. The Hall–Kier alpha value is -2.77. The van der Waals surface area contributed by atoms with Gasteiger partial charge < -0.3 is 25.4 Å². The van der Waals surface area contributed by atoms with Crippen molar-refractivity contribution >= 4 is 35.6 Å². The maximum Gasteiger partial charge on any atom is 0.255 e. The number of hydrogen-bond donors (Lipinski definition) is 3. The number of halogens is 1. The molecule has 2 amide bonds. The van der Waals surface area contributed by atoms with Crippen LogP contribution in [0.4, 0.5) is 11.4 Å². The van der Waals surface area contributed by atoms with Crippen molar-refractivity contribution in [1.29, 1.82) is 0 Å². The second-order valence-corrected chi connectivity index (χ2v) is 6.61. The SMILES string of the molecule is COc1cc(NC(=O)C2CCCNC2)c(OC)cc1NC(=O)c1ccccc1.Cl. The fourth-order valence-corrected chi connectivity index (χ4v) is 3.19. The van der Waals surface area contributed by atoms with Crippen LogP contribution in [0, 0.1) is 5.92 Å². The molecule has 1 unspecified atom stereocenters. The summed E-state index contributed by atoms with van der Waals surface area (Å²) in [5.41, 5.74) is 1.50. The molecule has 3 rings (SSSR count). The number of piperidine rings is 1. The second kappa shape index (κ2) is 10.7. The van der Waals surface area contributed by atoms with Crippen molar-refractivity contribution < 1.29 is 19.1 Å². The zero-order valence-corrected chi connectivity index (χ0v) is 17.3. The molecule has 8 heteroatoms. The van der Waals surface area contributed by atoms with Crippen LogP contribution in [0.1, 0.15) is 23.2 Å². The molecule has 0 aliphatic carbocycles. The van der Waals surface area contributed by atoms with E-state index in [1.54, 1.807) is 36.4 Å². The highest BCUT2D eigenvalue weighted by Gasteiger charge is 2.23. The Kier molecular flexibility index (Phi) is 8.30. The number of carbonyl (C=O) groups is 2. The normalized spacial score (nSPS) is 15.6. The molecule has 0 bridgehead atoms. The van der Waals surface area contributed by atoms with Crippen LogP contribution in [0.3, 0.4) is 0 Å². The van der Waals surface area contributed by atoms with Crippen LogP contribution in [0.15, 0.2) is 42.5 Å². The van der Waals surface area contributed by atoms with E-state index in [1.807, 2.05) is 6.07 Å². The fourth-order valence-electron chi connectivity index (χ4n) is 3.19. The standard InChI is InChI=1S/C21H25N3O4.ClH/c1-27-18-12-17(24-21(26)15-9-6-10-22-13-15)19(28-2)11-16(18)23-20(25)14-7-4-3-5-8-14;/h3-5,7-8,11-12,15,22H,6,9-10,13H2,1-2H3,(H,23,25)(H,24,26);1H. The van der Waals surface area contributed by atoms with E-state index in [0.29, 0.717) is 35.0 Å². The number of anilines is 2. The number of methoxy groups -OCH3 is 2. The lowest BCUT2D eigenvalue weighted by molar-refractivity contribution is -0.120. The van der Waals surface area contributed by atoms with Crippen molar-refractivity contribution in [2.75, 3.05) is 37.9 Å². The number of hydrogen-bond acceptors (Lipinski definition) is 5. The summed E-state index contributed by atoms with van der Waals surface area (Å²) < 4.78 is 10.8. The summed E-state index contributed by atoms with van der Waals surface area (Å²) in [6, 6.07) is 12.2. The molecule has 1 saturated heterocycles. The lowest BCUT2D eigenvalue weighted by Crippen LogP contribution is -2.37. The highest BCUT2D eigenvalue weighted by molar-refractivity contribution is 6.05. The molecule has 0 saturated carbocycles. The van der Waals surface area contributed by atoms with Gasteiger partial charge in [-0.25, -0.2) is 0 Å². The molecule has 0 radical (unpaired) electrons. The van der Waals surface area contributed by atoms with E-state index in [9.17, 15) is 9.59 Å². The van der Waals surface area contributed by atoms with E-state index in [2.05, 4.69) is 16.0 Å². The quantitative estimate of drug-likeness (QED) is 0.668. The van der Waals surface area contributed by atoms with E-state index in [-0.39, 0.29) is 30.1 Å². The molecule has 1 heterocycles. The maximum absolute atomic E-state index is 12.6. The van der Waals surface area contributed by atoms with Gasteiger partial charge in [-0.2, -0.15) is 0 Å². The topological polar surface area (TPSA) is 88.7 Å². The third-order valence-electron chi connectivity index (χ3n) is 4.73. The van der Waals surface area contributed by atoms with Gasteiger partial charge in [-0.3, -0.25) is 9.59 Å². The van der Waals surface area contributed by atoms with E-state index < -0.39 is 0 Å². The van der Waals surface area contributed by atoms with Gasteiger partial charge in [-0.05, 0) is 31.5 Å². The van der Waals surface area contributed by atoms with Crippen molar-refractivity contribution in [1.82, 2.24) is 5.32 Å². The van der Waals surface area contributed by atoms with Crippen molar-refractivity contribution in [3.63, 3.8) is 0 Å². The molecule has 2 aromatic rings. The Morgan fingerprint density at radius 2 is 1.62 bits per heavy atom. The Labute approximate surface area is 176 Å². The lowest BCUT2D eigenvalue weighted by atomic mass is 9.98. The average molecular weight is 420 g/mol. The predicted molar refractivity (Wildman–Crippen MR) is 115 cm³/mol. The Morgan fingerprint density at radius 3 is 2.17 bits per heavy atom. The largest absolute Gasteiger partial charge is 0.494 e. The van der Waals surface area contributed by atoms with Gasteiger partial charge in [0.2, 0.25) is 5.91 Å². The molecule has 1 aliphatic heterocycles. The monoisotopic (exact) mass is 419 g/mol. The third kappa shape index (κ3) is 5.62. The van der Waals surface area contributed by atoms with Gasteiger partial charge in [-0.15, -0.1) is 12.4 Å². The molecular formula is C21H26ClN3O4. The zero-order valence-electron chi connectivity index (χ0n) is 16.5. The number of nitrogens with one attached hydrogen (secondary N) is 3. The summed E-state index contributed by atoms with van der Waals surface area (Å²) in [4.78, 5) is 25.0. The number of rotatable bonds is 6. The fraction of sp³-hybridized carbons (Fsp3) is 0.333. The van der Waals surface area contributed by atoms with Gasteiger partial charge in [0.25, 0.3) is 5.91 Å². The summed E-state index contributed by atoms with van der Waals surface area (Å²) in [6.45, 7) is 1.60. The third-order valence-corrected chi connectivity index (χ3v) is 4.73. The van der Waals surface area contributed by atoms with Gasteiger partial charge in [0.05, 0.1) is 31.5 Å². The summed E-state index contributed by atoms with van der Waals surface area (Å²) in [7, 11) is 3.03. The number of carbonyl (C=O) groups excluding carboxylic acids is 2. The molecule has 2 aromatic carbocycles. The van der Waals surface area contributed by atoms with E-state index in [1.165, 1.54) is 14.2 Å². The Bertz CT molecular complexity index is 839. The summed E-state index contributed by atoms with van der Waals surface area (Å²) in [5, 5.41) is 8.99. The van der Waals surface area contributed by atoms with Crippen LogP contribution in [0.2, 0.25) is 0 Å². The minimum Gasteiger partial charge on any atom is -0.494 e. The van der Waals surface area contributed by atoms with Crippen LogP contribution < -0.4 is 25.4 Å². The smallest absolute Gasteiger partial charge is 0.255 e. The molecule has 1 aliphatic rings. The van der Waals surface area contributed by atoms with Crippen molar-refractivity contribution in [2.24, 2.45) is 5.92 Å². The van der Waals surface area contributed by atoms with E-state index >= 15 is 0 Å². The van der Waals surface area contributed by atoms with Gasteiger partial charge in [-0.1, -0.05) is 18.2 Å². The van der Waals surface area contributed by atoms with Crippen molar-refractivity contribution in [3.8, 4) is 11.5 Å². The molecule has 0 spiro atoms. The first kappa shape index (κ1) is 22.5. The first-order valence-corrected chi connectivity index (χ1v) is 9.26.